The van der Waals surface area contributed by atoms with E-state index in [1.807, 2.05) is 0 Å². The Labute approximate surface area is 126 Å². The van der Waals surface area contributed by atoms with Gasteiger partial charge in [0.05, 0.1) is 23.5 Å². The van der Waals surface area contributed by atoms with E-state index in [1.165, 1.54) is 31.4 Å². The number of sulfonamides is 1. The van der Waals surface area contributed by atoms with Gasteiger partial charge in [0.1, 0.15) is 16.5 Å². The standard InChI is InChI=1S/C13H12ClFN2O3S/c1-20-12-5-3-9(7-10(12)14)17-21(18,19)13-6-8(15)2-4-11(13)16/h2-7,17H,16H2,1H3. The van der Waals surface area contributed by atoms with Crippen LogP contribution in [0.4, 0.5) is 15.8 Å². The molecule has 0 aliphatic carbocycles. The molecule has 0 saturated carbocycles. The van der Waals surface area contributed by atoms with Crippen LogP contribution < -0.4 is 15.2 Å². The topological polar surface area (TPSA) is 81.4 Å². The number of hydrogen-bond donors (Lipinski definition) is 2. The van der Waals surface area contributed by atoms with Crippen molar-refractivity contribution in [1.29, 1.82) is 0 Å². The molecule has 2 rings (SSSR count). The van der Waals surface area contributed by atoms with E-state index in [-0.39, 0.29) is 21.3 Å². The molecule has 0 saturated heterocycles. The Kier molecular flexibility index (Phi) is 4.24. The minimum atomic E-state index is -4.02. The lowest BCUT2D eigenvalue weighted by molar-refractivity contribution is 0.415. The zero-order valence-electron chi connectivity index (χ0n) is 10.9. The molecule has 112 valence electrons. The summed E-state index contributed by atoms with van der Waals surface area (Å²) in [6, 6.07) is 7.48. The minimum Gasteiger partial charge on any atom is -0.495 e. The first-order chi connectivity index (χ1) is 9.83. The second-order valence-corrected chi connectivity index (χ2v) is 6.19. The summed E-state index contributed by atoms with van der Waals surface area (Å²) in [5, 5.41) is 0.241. The molecular weight excluding hydrogens is 319 g/mol. The van der Waals surface area contributed by atoms with E-state index in [0.29, 0.717) is 5.75 Å². The highest BCUT2D eigenvalue weighted by atomic mass is 35.5. The van der Waals surface area contributed by atoms with Crippen molar-refractivity contribution < 1.29 is 17.5 Å². The maximum atomic E-state index is 13.2. The second-order valence-electron chi connectivity index (χ2n) is 4.14. The smallest absolute Gasteiger partial charge is 0.264 e. The Hall–Kier alpha value is -1.99. The molecule has 0 bridgehead atoms. The fourth-order valence-electron chi connectivity index (χ4n) is 1.68. The molecule has 0 aliphatic heterocycles. The number of hydrogen-bond acceptors (Lipinski definition) is 4. The number of rotatable bonds is 4. The lowest BCUT2D eigenvalue weighted by Crippen LogP contribution is -2.15. The van der Waals surface area contributed by atoms with Gasteiger partial charge in [0.2, 0.25) is 0 Å². The molecule has 2 aromatic carbocycles. The maximum absolute atomic E-state index is 13.2. The van der Waals surface area contributed by atoms with Crippen molar-refractivity contribution >= 4 is 33.0 Å². The molecule has 0 aromatic heterocycles. The van der Waals surface area contributed by atoms with Crippen LogP contribution >= 0.6 is 11.6 Å². The predicted octanol–water partition coefficient (Wildman–Crippen LogP) is 2.87. The van der Waals surface area contributed by atoms with E-state index in [0.717, 1.165) is 12.1 Å². The lowest BCUT2D eigenvalue weighted by Gasteiger charge is -2.11. The van der Waals surface area contributed by atoms with Crippen molar-refractivity contribution in [3.05, 3.63) is 47.2 Å². The first-order valence-corrected chi connectivity index (χ1v) is 7.61. The highest BCUT2D eigenvalue weighted by molar-refractivity contribution is 7.92. The van der Waals surface area contributed by atoms with Crippen molar-refractivity contribution in [1.82, 2.24) is 0 Å². The Morgan fingerprint density at radius 3 is 2.57 bits per heavy atom. The van der Waals surface area contributed by atoms with Gasteiger partial charge in [0.15, 0.2) is 0 Å². The second kappa shape index (κ2) is 5.79. The van der Waals surface area contributed by atoms with Gasteiger partial charge >= 0.3 is 0 Å². The van der Waals surface area contributed by atoms with Gasteiger partial charge < -0.3 is 10.5 Å². The Bertz CT molecular complexity index is 781. The van der Waals surface area contributed by atoms with Gasteiger partial charge in [0.25, 0.3) is 10.0 Å². The van der Waals surface area contributed by atoms with Crippen LogP contribution in [0, 0.1) is 5.82 Å². The molecule has 0 aliphatic rings. The van der Waals surface area contributed by atoms with Crippen LogP contribution in [0.25, 0.3) is 0 Å². The molecule has 0 amide bonds. The van der Waals surface area contributed by atoms with E-state index >= 15 is 0 Å². The number of anilines is 2. The quantitative estimate of drug-likeness (QED) is 0.845. The Balaban J connectivity index is 2.37. The SMILES string of the molecule is COc1ccc(NS(=O)(=O)c2cc(F)ccc2N)cc1Cl. The first kappa shape index (κ1) is 15.4. The van der Waals surface area contributed by atoms with Crippen LogP contribution in [0.3, 0.4) is 0 Å². The normalized spacial score (nSPS) is 11.2. The number of benzene rings is 2. The van der Waals surface area contributed by atoms with Crippen LogP contribution in [0.15, 0.2) is 41.3 Å². The van der Waals surface area contributed by atoms with Gasteiger partial charge in [-0.05, 0) is 36.4 Å². The summed E-state index contributed by atoms with van der Waals surface area (Å²) >= 11 is 5.92. The zero-order chi connectivity index (χ0) is 15.6. The van der Waals surface area contributed by atoms with Crippen LogP contribution in [0.5, 0.6) is 5.75 Å². The molecule has 0 unspecified atom stereocenters. The van der Waals surface area contributed by atoms with Crippen molar-refractivity contribution in [2.75, 3.05) is 17.6 Å². The molecule has 0 heterocycles. The van der Waals surface area contributed by atoms with E-state index < -0.39 is 15.8 Å². The van der Waals surface area contributed by atoms with Crippen molar-refractivity contribution in [3.63, 3.8) is 0 Å². The first-order valence-electron chi connectivity index (χ1n) is 5.75. The van der Waals surface area contributed by atoms with Gasteiger partial charge in [0, 0.05) is 0 Å². The van der Waals surface area contributed by atoms with Crippen LogP contribution in [-0.2, 0) is 10.0 Å². The number of nitrogen functional groups attached to an aromatic ring is 1. The molecular formula is C13H12ClFN2O3S. The third kappa shape index (κ3) is 3.37. The largest absolute Gasteiger partial charge is 0.495 e. The maximum Gasteiger partial charge on any atom is 0.264 e. The Morgan fingerprint density at radius 1 is 1.24 bits per heavy atom. The minimum absolute atomic E-state index is 0.0523. The number of methoxy groups -OCH3 is 1. The lowest BCUT2D eigenvalue weighted by atomic mass is 10.3. The van der Waals surface area contributed by atoms with Gasteiger partial charge in [-0.25, -0.2) is 12.8 Å². The summed E-state index contributed by atoms with van der Waals surface area (Å²) in [7, 11) is -2.57. The van der Waals surface area contributed by atoms with Gasteiger partial charge in [-0.2, -0.15) is 0 Å². The summed E-state index contributed by atoms with van der Waals surface area (Å²) in [6.45, 7) is 0. The fourth-order valence-corrected chi connectivity index (χ4v) is 3.13. The van der Waals surface area contributed by atoms with Gasteiger partial charge in [-0.1, -0.05) is 11.6 Å². The highest BCUT2D eigenvalue weighted by Crippen LogP contribution is 2.29. The molecule has 2 aromatic rings. The average Bonchev–Trinajstić information content (AvgIpc) is 2.41. The number of nitrogens with one attached hydrogen (secondary N) is 1. The summed E-state index contributed by atoms with van der Waals surface area (Å²) in [6.07, 6.45) is 0. The molecule has 21 heavy (non-hydrogen) atoms. The molecule has 8 heteroatoms. The summed E-state index contributed by atoms with van der Waals surface area (Å²) in [5.41, 5.74) is 5.73. The predicted molar refractivity (Wildman–Crippen MR) is 79.6 cm³/mol. The van der Waals surface area contributed by atoms with E-state index in [9.17, 15) is 12.8 Å². The Morgan fingerprint density at radius 2 is 1.95 bits per heavy atom. The number of ether oxygens (including phenoxy) is 1. The summed E-state index contributed by atoms with van der Waals surface area (Å²) in [4.78, 5) is -0.338. The highest BCUT2D eigenvalue weighted by Gasteiger charge is 2.19. The fraction of sp³-hybridized carbons (Fsp3) is 0.0769. The molecule has 0 atom stereocenters. The van der Waals surface area contributed by atoms with Crippen molar-refractivity contribution in [2.45, 2.75) is 4.90 Å². The third-order valence-corrected chi connectivity index (χ3v) is 4.40. The van der Waals surface area contributed by atoms with Crippen molar-refractivity contribution in [3.8, 4) is 5.75 Å². The third-order valence-electron chi connectivity index (χ3n) is 2.67. The average molecular weight is 331 g/mol. The van der Waals surface area contributed by atoms with Crippen molar-refractivity contribution in [2.24, 2.45) is 0 Å². The number of nitrogens with two attached hydrogens (primary N) is 1. The zero-order valence-corrected chi connectivity index (χ0v) is 12.5. The number of halogens is 2. The van der Waals surface area contributed by atoms with Crippen LogP contribution in [0.1, 0.15) is 0 Å². The van der Waals surface area contributed by atoms with Gasteiger partial charge in [-0.15, -0.1) is 0 Å². The van der Waals surface area contributed by atoms with Crippen LogP contribution in [0.2, 0.25) is 5.02 Å². The van der Waals surface area contributed by atoms with Gasteiger partial charge in [-0.3, -0.25) is 4.72 Å². The molecule has 3 N–H and O–H groups in total. The summed E-state index contributed by atoms with van der Waals surface area (Å²) < 4.78 is 44.9. The molecule has 5 nitrogen and oxygen atoms in total. The van der Waals surface area contributed by atoms with Crippen LogP contribution in [-0.4, -0.2) is 15.5 Å². The van der Waals surface area contributed by atoms with E-state index in [2.05, 4.69) is 4.72 Å². The molecule has 0 radical (unpaired) electrons. The molecule has 0 fully saturated rings. The van der Waals surface area contributed by atoms with E-state index in [4.69, 9.17) is 22.1 Å². The van der Waals surface area contributed by atoms with E-state index in [1.54, 1.807) is 0 Å². The molecule has 0 spiro atoms. The summed E-state index contributed by atoms with van der Waals surface area (Å²) in [5.74, 6) is -0.290. The monoisotopic (exact) mass is 330 g/mol.